The van der Waals surface area contributed by atoms with Crippen LogP contribution < -0.4 is 0 Å². The summed E-state index contributed by atoms with van der Waals surface area (Å²) in [5.41, 5.74) is 1.08. The molecule has 0 bridgehead atoms. The Morgan fingerprint density at radius 1 is 1.57 bits per heavy atom. The molecular weight excluding hydrogens is 184 g/mol. The van der Waals surface area contributed by atoms with Gasteiger partial charge in [-0.15, -0.1) is 0 Å². The molecule has 0 spiro atoms. The number of hydrogen-bond acceptors (Lipinski definition) is 4. The molecule has 4 nitrogen and oxygen atoms in total. The van der Waals surface area contributed by atoms with Crippen molar-refractivity contribution >= 4 is 5.97 Å². The minimum absolute atomic E-state index is 0.106. The highest BCUT2D eigenvalue weighted by Gasteiger charge is 2.39. The van der Waals surface area contributed by atoms with Crippen LogP contribution in [0.3, 0.4) is 0 Å². The Labute approximate surface area is 82.8 Å². The monoisotopic (exact) mass is 198 g/mol. The highest BCUT2D eigenvalue weighted by molar-refractivity contribution is 5.66. The van der Waals surface area contributed by atoms with Crippen molar-refractivity contribution in [1.82, 2.24) is 0 Å². The van der Waals surface area contributed by atoms with Gasteiger partial charge in [-0.25, -0.2) is 0 Å². The second kappa shape index (κ2) is 3.71. The van der Waals surface area contributed by atoms with E-state index in [-0.39, 0.29) is 18.0 Å². The summed E-state index contributed by atoms with van der Waals surface area (Å²) in [4.78, 5) is 10.7. The van der Waals surface area contributed by atoms with Crippen LogP contribution >= 0.6 is 0 Å². The van der Waals surface area contributed by atoms with Gasteiger partial charge in [-0.1, -0.05) is 6.58 Å². The van der Waals surface area contributed by atoms with Crippen LogP contribution in [0.15, 0.2) is 12.2 Å². The van der Waals surface area contributed by atoms with Crippen molar-refractivity contribution in [3.63, 3.8) is 0 Å². The molecule has 0 aromatic carbocycles. The van der Waals surface area contributed by atoms with Crippen molar-refractivity contribution < 1.29 is 19.0 Å². The number of ether oxygens (including phenoxy) is 3. The molecule has 0 saturated carbocycles. The Hall–Kier alpha value is -0.870. The molecule has 3 atom stereocenters. The van der Waals surface area contributed by atoms with Crippen molar-refractivity contribution in [3.05, 3.63) is 12.2 Å². The van der Waals surface area contributed by atoms with Gasteiger partial charge in [0, 0.05) is 19.3 Å². The number of rotatable bonds is 1. The summed E-state index contributed by atoms with van der Waals surface area (Å²) in [6, 6.07) is 0. The molecule has 2 aliphatic heterocycles. The second-order valence-corrected chi connectivity index (χ2v) is 3.72. The SMILES string of the molecule is C=C1CO[C@H]2COC(OC(C)=O)C[C@@H]12. The summed E-state index contributed by atoms with van der Waals surface area (Å²) >= 11 is 0. The molecular formula is C10H14O4. The van der Waals surface area contributed by atoms with Gasteiger partial charge in [0.2, 0.25) is 6.29 Å². The van der Waals surface area contributed by atoms with Crippen LogP contribution in [-0.2, 0) is 19.0 Å². The molecule has 0 aliphatic carbocycles. The third kappa shape index (κ3) is 1.81. The van der Waals surface area contributed by atoms with E-state index < -0.39 is 6.29 Å². The van der Waals surface area contributed by atoms with Gasteiger partial charge < -0.3 is 14.2 Å². The largest absolute Gasteiger partial charge is 0.436 e. The number of hydrogen-bond donors (Lipinski definition) is 0. The molecule has 0 aromatic rings. The number of carbonyl (C=O) groups excluding carboxylic acids is 1. The van der Waals surface area contributed by atoms with Gasteiger partial charge in [-0.2, -0.15) is 0 Å². The van der Waals surface area contributed by atoms with Crippen LogP contribution in [0.4, 0.5) is 0 Å². The lowest BCUT2D eigenvalue weighted by molar-refractivity contribution is -0.201. The standard InChI is InChI=1S/C10H14O4/c1-6-4-12-9-5-13-10(3-8(6)9)14-7(2)11/h8-10H,1,3-5H2,2H3/t8-,9-,10?/m0/s1. The summed E-state index contributed by atoms with van der Waals surface area (Å²) in [6.07, 6.45) is 0.352. The fraction of sp³-hybridized carbons (Fsp3) is 0.700. The average Bonchev–Trinajstić information content (AvgIpc) is 2.47. The average molecular weight is 198 g/mol. The predicted octanol–water partition coefficient (Wildman–Crippen LogP) is 0.867. The smallest absolute Gasteiger partial charge is 0.304 e. The van der Waals surface area contributed by atoms with Crippen molar-refractivity contribution in [2.24, 2.45) is 5.92 Å². The molecule has 0 amide bonds. The third-order valence-corrected chi connectivity index (χ3v) is 2.65. The number of esters is 1. The first-order chi connectivity index (χ1) is 6.66. The zero-order valence-corrected chi connectivity index (χ0v) is 8.19. The van der Waals surface area contributed by atoms with Crippen molar-refractivity contribution in [3.8, 4) is 0 Å². The Kier molecular flexibility index (Phi) is 2.56. The van der Waals surface area contributed by atoms with Gasteiger partial charge >= 0.3 is 5.97 Å². The van der Waals surface area contributed by atoms with Crippen LogP contribution in [0.1, 0.15) is 13.3 Å². The van der Waals surface area contributed by atoms with Gasteiger partial charge in [0.15, 0.2) is 0 Å². The van der Waals surface area contributed by atoms with E-state index in [1.807, 2.05) is 0 Å². The maximum absolute atomic E-state index is 10.7. The van der Waals surface area contributed by atoms with Crippen LogP contribution in [0, 0.1) is 5.92 Å². The third-order valence-electron chi connectivity index (χ3n) is 2.65. The van der Waals surface area contributed by atoms with Gasteiger partial charge in [0.1, 0.15) is 0 Å². The first kappa shape index (κ1) is 9.68. The second-order valence-electron chi connectivity index (χ2n) is 3.72. The lowest BCUT2D eigenvalue weighted by Crippen LogP contribution is -2.37. The van der Waals surface area contributed by atoms with E-state index >= 15 is 0 Å². The quantitative estimate of drug-likeness (QED) is 0.463. The zero-order valence-electron chi connectivity index (χ0n) is 8.19. The van der Waals surface area contributed by atoms with Crippen molar-refractivity contribution in [2.75, 3.05) is 13.2 Å². The van der Waals surface area contributed by atoms with Crippen molar-refractivity contribution in [1.29, 1.82) is 0 Å². The molecule has 2 fully saturated rings. The van der Waals surface area contributed by atoms with E-state index in [1.54, 1.807) is 0 Å². The lowest BCUT2D eigenvalue weighted by atomic mass is 9.92. The highest BCUT2D eigenvalue weighted by Crippen LogP contribution is 2.34. The van der Waals surface area contributed by atoms with Crippen LogP contribution in [-0.4, -0.2) is 31.6 Å². The summed E-state index contributed by atoms with van der Waals surface area (Å²) in [5, 5.41) is 0. The van der Waals surface area contributed by atoms with E-state index in [9.17, 15) is 4.79 Å². The van der Waals surface area contributed by atoms with Gasteiger partial charge in [0.05, 0.1) is 19.3 Å². The van der Waals surface area contributed by atoms with E-state index in [1.165, 1.54) is 6.92 Å². The van der Waals surface area contributed by atoms with Gasteiger partial charge in [-0.3, -0.25) is 4.79 Å². The van der Waals surface area contributed by atoms with E-state index in [0.717, 1.165) is 5.57 Å². The highest BCUT2D eigenvalue weighted by atomic mass is 16.7. The Morgan fingerprint density at radius 3 is 3.07 bits per heavy atom. The van der Waals surface area contributed by atoms with Gasteiger partial charge in [0.25, 0.3) is 0 Å². The van der Waals surface area contributed by atoms with Crippen LogP contribution in [0.2, 0.25) is 0 Å². The van der Waals surface area contributed by atoms with E-state index in [4.69, 9.17) is 14.2 Å². The summed E-state index contributed by atoms with van der Waals surface area (Å²) < 4.78 is 15.8. The minimum atomic E-state index is -0.424. The van der Waals surface area contributed by atoms with Crippen molar-refractivity contribution in [2.45, 2.75) is 25.7 Å². The van der Waals surface area contributed by atoms with E-state index in [2.05, 4.69) is 6.58 Å². The Bertz CT molecular complexity index is 261. The number of fused-ring (bicyclic) bond motifs is 1. The maximum Gasteiger partial charge on any atom is 0.304 e. The summed E-state index contributed by atoms with van der Waals surface area (Å²) in [5.74, 6) is -0.0222. The molecule has 0 aromatic heterocycles. The van der Waals surface area contributed by atoms with Gasteiger partial charge in [-0.05, 0) is 5.57 Å². The molecule has 2 rings (SSSR count). The van der Waals surface area contributed by atoms with E-state index in [0.29, 0.717) is 19.6 Å². The Morgan fingerprint density at radius 2 is 2.36 bits per heavy atom. The first-order valence-electron chi connectivity index (χ1n) is 4.75. The number of carbonyl (C=O) groups is 1. The molecule has 1 unspecified atom stereocenters. The first-order valence-corrected chi connectivity index (χ1v) is 4.75. The normalized spacial score (nSPS) is 36.6. The predicted molar refractivity (Wildman–Crippen MR) is 48.5 cm³/mol. The molecule has 2 aliphatic rings. The molecule has 0 radical (unpaired) electrons. The maximum atomic E-state index is 10.7. The van der Waals surface area contributed by atoms with Crippen LogP contribution in [0.5, 0.6) is 0 Å². The topological polar surface area (TPSA) is 44.8 Å². The minimum Gasteiger partial charge on any atom is -0.436 e. The summed E-state index contributed by atoms with van der Waals surface area (Å²) in [7, 11) is 0. The zero-order chi connectivity index (χ0) is 10.1. The molecule has 2 saturated heterocycles. The molecule has 2 heterocycles. The fourth-order valence-corrected chi connectivity index (χ4v) is 1.93. The molecule has 4 heteroatoms. The molecule has 14 heavy (non-hydrogen) atoms. The van der Waals surface area contributed by atoms with Crippen LogP contribution in [0.25, 0.3) is 0 Å². The fourth-order valence-electron chi connectivity index (χ4n) is 1.93. The molecule has 78 valence electrons. The Balaban J connectivity index is 1.95. The summed E-state index contributed by atoms with van der Waals surface area (Å²) in [6.45, 7) is 6.41. The molecule has 0 N–H and O–H groups in total. The lowest BCUT2D eigenvalue weighted by Gasteiger charge is -2.30.